The van der Waals surface area contributed by atoms with Crippen LogP contribution in [-0.2, 0) is 14.6 Å². The van der Waals surface area contributed by atoms with Crippen LogP contribution in [0.5, 0.6) is 0 Å². The van der Waals surface area contributed by atoms with Crippen LogP contribution in [0, 0.1) is 5.41 Å². The predicted octanol–water partition coefficient (Wildman–Crippen LogP) is 2.63. The van der Waals surface area contributed by atoms with Crippen LogP contribution in [0.15, 0.2) is 0 Å². The first-order valence-corrected chi connectivity index (χ1v) is 9.46. The van der Waals surface area contributed by atoms with Gasteiger partial charge in [-0.25, -0.2) is 8.42 Å². The highest BCUT2D eigenvalue weighted by Gasteiger charge is 2.31. The summed E-state index contributed by atoms with van der Waals surface area (Å²) in [6, 6.07) is 0.201. The SMILES string of the molecule is CCCNC(CCCS(=O)(=O)CC)C(OC)C(C)(C)C. The number of hydrogen-bond acceptors (Lipinski definition) is 4. The normalized spacial score (nSPS) is 16.1. The molecule has 0 rings (SSSR count). The van der Waals surface area contributed by atoms with Crippen LogP contribution in [0.2, 0.25) is 0 Å². The molecule has 20 heavy (non-hydrogen) atoms. The molecule has 2 atom stereocenters. The summed E-state index contributed by atoms with van der Waals surface area (Å²) in [7, 11) is -1.14. The Hall–Kier alpha value is -0.130. The molecule has 0 aromatic carbocycles. The van der Waals surface area contributed by atoms with Gasteiger partial charge in [0.25, 0.3) is 0 Å². The van der Waals surface area contributed by atoms with Gasteiger partial charge in [0.15, 0.2) is 0 Å². The van der Waals surface area contributed by atoms with Crippen molar-refractivity contribution in [2.24, 2.45) is 5.41 Å². The summed E-state index contributed by atoms with van der Waals surface area (Å²) in [5, 5.41) is 3.51. The van der Waals surface area contributed by atoms with Gasteiger partial charge in [0.05, 0.1) is 11.9 Å². The van der Waals surface area contributed by atoms with Crippen molar-refractivity contribution in [3.63, 3.8) is 0 Å². The minimum absolute atomic E-state index is 0.0315. The first-order valence-electron chi connectivity index (χ1n) is 7.64. The minimum Gasteiger partial charge on any atom is -0.379 e. The molecule has 0 aromatic rings. The van der Waals surface area contributed by atoms with E-state index in [2.05, 4.69) is 33.0 Å². The van der Waals surface area contributed by atoms with Crippen molar-refractivity contribution in [3.05, 3.63) is 0 Å². The maximum atomic E-state index is 11.6. The zero-order valence-corrected chi connectivity index (χ0v) is 14.8. The summed E-state index contributed by atoms with van der Waals surface area (Å²) in [6.07, 6.45) is 2.66. The highest BCUT2D eigenvalue weighted by atomic mass is 32.2. The number of sulfone groups is 1. The van der Waals surface area contributed by atoms with Gasteiger partial charge in [-0.2, -0.15) is 0 Å². The molecule has 4 nitrogen and oxygen atoms in total. The van der Waals surface area contributed by atoms with Gasteiger partial charge in [-0.1, -0.05) is 34.6 Å². The van der Waals surface area contributed by atoms with E-state index in [1.807, 2.05) is 0 Å². The second kappa shape index (κ2) is 9.00. The Morgan fingerprint density at radius 2 is 1.80 bits per heavy atom. The molecule has 0 saturated heterocycles. The quantitative estimate of drug-likeness (QED) is 0.674. The Labute approximate surface area is 125 Å². The molecule has 0 aliphatic rings. The standard InChI is InChI=1S/C15H33NO3S/c1-7-11-16-13(14(19-6)15(3,4)5)10-9-12-20(17,18)8-2/h13-14,16H,7-12H2,1-6H3. The van der Waals surface area contributed by atoms with Crippen molar-refractivity contribution >= 4 is 9.84 Å². The largest absolute Gasteiger partial charge is 0.379 e. The molecule has 0 amide bonds. The van der Waals surface area contributed by atoms with Gasteiger partial charge in [-0.15, -0.1) is 0 Å². The van der Waals surface area contributed by atoms with E-state index in [1.165, 1.54) is 0 Å². The molecule has 0 heterocycles. The molecule has 0 aliphatic carbocycles. The van der Waals surface area contributed by atoms with Crippen molar-refractivity contribution in [2.45, 2.75) is 66.0 Å². The molecule has 0 radical (unpaired) electrons. The monoisotopic (exact) mass is 307 g/mol. The summed E-state index contributed by atoms with van der Waals surface area (Å²) < 4.78 is 28.8. The van der Waals surface area contributed by atoms with E-state index < -0.39 is 9.84 Å². The number of nitrogens with one attached hydrogen (secondary N) is 1. The fourth-order valence-electron chi connectivity index (χ4n) is 2.48. The van der Waals surface area contributed by atoms with Gasteiger partial charge < -0.3 is 10.1 Å². The summed E-state index contributed by atoms with van der Waals surface area (Å²) in [5.41, 5.74) is 0.0315. The van der Waals surface area contributed by atoms with Crippen molar-refractivity contribution in [3.8, 4) is 0 Å². The summed E-state index contributed by atoms with van der Waals surface area (Å²) >= 11 is 0. The summed E-state index contributed by atoms with van der Waals surface area (Å²) in [6.45, 7) is 11.2. The summed E-state index contributed by atoms with van der Waals surface area (Å²) in [4.78, 5) is 0. The molecule has 0 aliphatic heterocycles. The first kappa shape index (κ1) is 19.9. The first-order chi connectivity index (χ1) is 9.18. The number of rotatable bonds is 10. The highest BCUT2D eigenvalue weighted by molar-refractivity contribution is 7.91. The number of hydrogen-bond donors (Lipinski definition) is 1. The van der Waals surface area contributed by atoms with Crippen LogP contribution >= 0.6 is 0 Å². The van der Waals surface area contributed by atoms with Crippen LogP contribution in [0.4, 0.5) is 0 Å². The molecule has 5 heteroatoms. The van der Waals surface area contributed by atoms with E-state index in [-0.39, 0.29) is 29.1 Å². The fourth-order valence-corrected chi connectivity index (χ4v) is 3.37. The second-order valence-corrected chi connectivity index (χ2v) is 8.93. The zero-order valence-electron chi connectivity index (χ0n) is 14.0. The molecule has 0 spiro atoms. The average molecular weight is 308 g/mol. The lowest BCUT2D eigenvalue weighted by molar-refractivity contribution is -0.0131. The molecule has 0 fully saturated rings. The smallest absolute Gasteiger partial charge is 0.150 e. The molecule has 0 bridgehead atoms. The van der Waals surface area contributed by atoms with Crippen LogP contribution in [-0.4, -0.2) is 45.7 Å². The van der Waals surface area contributed by atoms with E-state index in [0.29, 0.717) is 6.42 Å². The van der Waals surface area contributed by atoms with Crippen LogP contribution in [0.3, 0.4) is 0 Å². The van der Waals surface area contributed by atoms with E-state index in [4.69, 9.17) is 4.74 Å². The summed E-state index contributed by atoms with van der Waals surface area (Å²) in [5.74, 6) is 0.501. The van der Waals surface area contributed by atoms with Gasteiger partial charge >= 0.3 is 0 Å². The van der Waals surface area contributed by atoms with Crippen molar-refractivity contribution in [1.82, 2.24) is 5.32 Å². The van der Waals surface area contributed by atoms with E-state index >= 15 is 0 Å². The Morgan fingerprint density at radius 1 is 1.20 bits per heavy atom. The van der Waals surface area contributed by atoms with E-state index in [0.717, 1.165) is 19.4 Å². The van der Waals surface area contributed by atoms with Gasteiger partial charge in [0.1, 0.15) is 9.84 Å². The predicted molar refractivity (Wildman–Crippen MR) is 85.9 cm³/mol. The Kier molecular flexibility index (Phi) is 8.95. The maximum absolute atomic E-state index is 11.6. The molecular formula is C15H33NO3S. The van der Waals surface area contributed by atoms with Gasteiger partial charge in [-0.05, 0) is 31.2 Å². The Balaban J connectivity index is 4.63. The van der Waals surface area contributed by atoms with Crippen LogP contribution in [0.25, 0.3) is 0 Å². The van der Waals surface area contributed by atoms with E-state index in [9.17, 15) is 8.42 Å². The minimum atomic E-state index is -2.87. The molecule has 1 N–H and O–H groups in total. The van der Waals surface area contributed by atoms with Crippen LogP contribution < -0.4 is 5.32 Å². The average Bonchev–Trinajstić information content (AvgIpc) is 2.34. The van der Waals surface area contributed by atoms with Crippen molar-refractivity contribution in [1.29, 1.82) is 0 Å². The molecule has 122 valence electrons. The van der Waals surface area contributed by atoms with Gasteiger partial charge in [0.2, 0.25) is 0 Å². The third-order valence-electron chi connectivity index (χ3n) is 3.54. The molecule has 2 unspecified atom stereocenters. The fraction of sp³-hybridized carbons (Fsp3) is 1.00. The van der Waals surface area contributed by atoms with E-state index in [1.54, 1.807) is 14.0 Å². The lowest BCUT2D eigenvalue weighted by Crippen LogP contribution is -2.48. The Bertz CT molecular complexity index is 347. The second-order valence-electron chi connectivity index (χ2n) is 6.46. The zero-order chi connectivity index (χ0) is 15.8. The number of methoxy groups -OCH3 is 1. The van der Waals surface area contributed by atoms with Crippen LogP contribution in [0.1, 0.15) is 53.9 Å². The maximum Gasteiger partial charge on any atom is 0.150 e. The topological polar surface area (TPSA) is 55.4 Å². The van der Waals surface area contributed by atoms with Crippen molar-refractivity contribution in [2.75, 3.05) is 25.2 Å². The third-order valence-corrected chi connectivity index (χ3v) is 5.33. The molecule has 0 saturated carbocycles. The lowest BCUT2D eigenvalue weighted by Gasteiger charge is -2.36. The third kappa shape index (κ3) is 7.60. The van der Waals surface area contributed by atoms with Gasteiger partial charge in [0, 0.05) is 18.9 Å². The molecular weight excluding hydrogens is 274 g/mol. The number of ether oxygens (including phenoxy) is 1. The Morgan fingerprint density at radius 3 is 2.20 bits per heavy atom. The molecule has 0 aromatic heterocycles. The van der Waals surface area contributed by atoms with Crippen molar-refractivity contribution < 1.29 is 13.2 Å². The van der Waals surface area contributed by atoms with Gasteiger partial charge in [-0.3, -0.25) is 0 Å². The lowest BCUT2D eigenvalue weighted by atomic mass is 9.83. The highest BCUT2D eigenvalue weighted by Crippen LogP contribution is 2.26.